The number of hydrogen-bond acceptors (Lipinski definition) is 4. The van der Waals surface area contributed by atoms with Crippen molar-refractivity contribution in [1.82, 2.24) is 10.2 Å². The van der Waals surface area contributed by atoms with Crippen molar-refractivity contribution in [3.05, 3.63) is 35.4 Å². The average Bonchev–Trinajstić information content (AvgIpc) is 2.56. The molecule has 1 aliphatic carbocycles. The fourth-order valence-corrected chi connectivity index (χ4v) is 3.78. The van der Waals surface area contributed by atoms with Crippen LogP contribution < -0.4 is 5.32 Å². The summed E-state index contributed by atoms with van der Waals surface area (Å²) < 4.78 is 5.79. The van der Waals surface area contributed by atoms with Gasteiger partial charge in [-0.25, -0.2) is 0 Å². The molecule has 136 valence electrons. The first-order valence-corrected chi connectivity index (χ1v) is 9.01. The van der Waals surface area contributed by atoms with Gasteiger partial charge in [0.15, 0.2) is 0 Å². The summed E-state index contributed by atoms with van der Waals surface area (Å²) in [6.45, 7) is 3.40. The number of benzene rings is 1. The van der Waals surface area contributed by atoms with Gasteiger partial charge in [-0.15, -0.1) is 0 Å². The lowest BCUT2D eigenvalue weighted by molar-refractivity contribution is -0.140. The van der Waals surface area contributed by atoms with E-state index >= 15 is 0 Å². The van der Waals surface area contributed by atoms with Crippen LogP contribution in [0.25, 0.3) is 0 Å². The van der Waals surface area contributed by atoms with E-state index in [4.69, 9.17) is 9.84 Å². The lowest BCUT2D eigenvalue weighted by Gasteiger charge is -2.42. The van der Waals surface area contributed by atoms with Gasteiger partial charge in [-0.05, 0) is 36.9 Å². The maximum absolute atomic E-state index is 12.3. The molecule has 1 aliphatic heterocycles. The standard InChI is InChI=1S/C19H26N2O4/c1-2-21(12-19(23)24)15-9-14(10-15)20-18(22)11-17-16-6-4-3-5-13(16)7-8-25-17/h3-6,14-15,17H,2,7-12H2,1H3,(H,20,22)(H,23,24). The van der Waals surface area contributed by atoms with E-state index in [0.717, 1.165) is 24.8 Å². The molecular formula is C19H26N2O4. The fourth-order valence-electron chi connectivity index (χ4n) is 3.78. The van der Waals surface area contributed by atoms with Crippen molar-refractivity contribution in [2.75, 3.05) is 19.7 Å². The molecule has 1 fully saturated rings. The summed E-state index contributed by atoms with van der Waals surface area (Å²) in [5, 5.41) is 12.0. The summed E-state index contributed by atoms with van der Waals surface area (Å²) in [5.41, 5.74) is 2.39. The molecule has 6 heteroatoms. The molecule has 25 heavy (non-hydrogen) atoms. The van der Waals surface area contributed by atoms with E-state index in [9.17, 15) is 9.59 Å². The molecule has 1 heterocycles. The van der Waals surface area contributed by atoms with E-state index in [1.165, 1.54) is 5.56 Å². The number of hydrogen-bond donors (Lipinski definition) is 2. The van der Waals surface area contributed by atoms with Gasteiger partial charge in [0, 0.05) is 12.1 Å². The largest absolute Gasteiger partial charge is 0.480 e. The number of nitrogens with zero attached hydrogens (tertiary/aromatic N) is 1. The van der Waals surface area contributed by atoms with Crippen molar-refractivity contribution in [3.63, 3.8) is 0 Å². The minimum Gasteiger partial charge on any atom is -0.480 e. The van der Waals surface area contributed by atoms with Crippen LogP contribution in [-0.2, 0) is 20.7 Å². The smallest absolute Gasteiger partial charge is 0.317 e. The van der Waals surface area contributed by atoms with E-state index in [1.807, 2.05) is 30.0 Å². The van der Waals surface area contributed by atoms with Crippen molar-refractivity contribution in [2.45, 2.75) is 50.8 Å². The van der Waals surface area contributed by atoms with Crippen LogP contribution in [0, 0.1) is 0 Å². The Kier molecular flexibility index (Phi) is 5.71. The number of rotatable bonds is 7. The van der Waals surface area contributed by atoms with Crippen LogP contribution in [0.15, 0.2) is 24.3 Å². The molecular weight excluding hydrogens is 320 g/mol. The second-order valence-corrected chi connectivity index (χ2v) is 6.86. The zero-order chi connectivity index (χ0) is 17.8. The van der Waals surface area contributed by atoms with Crippen molar-refractivity contribution < 1.29 is 19.4 Å². The predicted molar refractivity (Wildman–Crippen MR) is 93.3 cm³/mol. The van der Waals surface area contributed by atoms with Crippen molar-refractivity contribution in [1.29, 1.82) is 0 Å². The van der Waals surface area contributed by atoms with Gasteiger partial charge in [0.1, 0.15) is 0 Å². The van der Waals surface area contributed by atoms with Crippen LogP contribution in [0.2, 0.25) is 0 Å². The van der Waals surface area contributed by atoms with Crippen molar-refractivity contribution in [2.24, 2.45) is 0 Å². The number of carbonyl (C=O) groups excluding carboxylic acids is 1. The van der Waals surface area contributed by atoms with E-state index in [0.29, 0.717) is 19.6 Å². The van der Waals surface area contributed by atoms with E-state index in [2.05, 4.69) is 11.4 Å². The molecule has 3 rings (SSSR count). The van der Waals surface area contributed by atoms with Gasteiger partial charge in [-0.3, -0.25) is 14.5 Å². The van der Waals surface area contributed by atoms with Crippen LogP contribution >= 0.6 is 0 Å². The quantitative estimate of drug-likeness (QED) is 0.786. The van der Waals surface area contributed by atoms with Gasteiger partial charge in [0.2, 0.25) is 5.91 Å². The highest BCUT2D eigenvalue weighted by molar-refractivity contribution is 5.77. The lowest BCUT2D eigenvalue weighted by atomic mass is 9.85. The fraction of sp³-hybridized carbons (Fsp3) is 0.579. The molecule has 1 saturated carbocycles. The Hall–Kier alpha value is -1.92. The third kappa shape index (κ3) is 4.38. The number of carbonyl (C=O) groups is 2. The molecule has 0 aromatic heterocycles. The SMILES string of the molecule is CCN(CC(=O)O)C1CC(NC(=O)CC2OCCc3ccccc32)C1. The molecule has 0 spiro atoms. The van der Waals surface area contributed by atoms with Crippen molar-refractivity contribution in [3.8, 4) is 0 Å². The second-order valence-electron chi connectivity index (χ2n) is 6.86. The average molecular weight is 346 g/mol. The number of aliphatic carboxylic acids is 1. The first kappa shape index (κ1) is 17.9. The molecule has 1 atom stereocenters. The number of carboxylic acid groups (broad SMARTS) is 1. The Morgan fingerprint density at radius 3 is 2.80 bits per heavy atom. The minimum absolute atomic E-state index is 0.00596. The van der Waals surface area contributed by atoms with Crippen LogP contribution in [-0.4, -0.2) is 53.7 Å². The van der Waals surface area contributed by atoms with Gasteiger partial charge in [-0.2, -0.15) is 0 Å². The summed E-state index contributed by atoms with van der Waals surface area (Å²) in [7, 11) is 0. The van der Waals surface area contributed by atoms with Crippen LogP contribution in [0.5, 0.6) is 0 Å². The maximum atomic E-state index is 12.3. The normalized spacial score (nSPS) is 25.1. The number of carboxylic acids is 1. The Labute approximate surface area is 148 Å². The molecule has 1 unspecified atom stereocenters. The Balaban J connectivity index is 1.46. The Morgan fingerprint density at radius 2 is 2.08 bits per heavy atom. The summed E-state index contributed by atoms with van der Waals surface area (Å²) >= 11 is 0. The van der Waals surface area contributed by atoms with Gasteiger partial charge >= 0.3 is 5.97 Å². The maximum Gasteiger partial charge on any atom is 0.317 e. The summed E-state index contributed by atoms with van der Waals surface area (Å²) in [4.78, 5) is 25.2. The molecule has 0 radical (unpaired) electrons. The third-order valence-electron chi connectivity index (χ3n) is 5.20. The summed E-state index contributed by atoms with van der Waals surface area (Å²) in [5.74, 6) is -0.797. The van der Waals surface area contributed by atoms with Gasteiger partial charge in [-0.1, -0.05) is 31.2 Å². The first-order chi connectivity index (χ1) is 12.1. The highest BCUT2D eigenvalue weighted by atomic mass is 16.5. The molecule has 0 saturated heterocycles. The molecule has 2 N–H and O–H groups in total. The van der Waals surface area contributed by atoms with Crippen LogP contribution in [0.1, 0.15) is 43.4 Å². The lowest BCUT2D eigenvalue weighted by Crippen LogP contribution is -2.55. The van der Waals surface area contributed by atoms with E-state index in [-0.39, 0.29) is 30.6 Å². The van der Waals surface area contributed by atoms with Gasteiger partial charge < -0.3 is 15.2 Å². The number of ether oxygens (including phenoxy) is 1. The topological polar surface area (TPSA) is 78.9 Å². The predicted octanol–water partition coefficient (Wildman–Crippen LogP) is 1.74. The molecule has 6 nitrogen and oxygen atoms in total. The van der Waals surface area contributed by atoms with E-state index < -0.39 is 5.97 Å². The zero-order valence-electron chi connectivity index (χ0n) is 14.6. The summed E-state index contributed by atoms with van der Waals surface area (Å²) in [6.07, 6.45) is 2.70. The van der Waals surface area contributed by atoms with E-state index in [1.54, 1.807) is 0 Å². The highest BCUT2D eigenvalue weighted by Crippen LogP contribution is 2.30. The Bertz CT molecular complexity index is 628. The molecule has 2 aliphatic rings. The minimum atomic E-state index is -0.803. The number of nitrogens with one attached hydrogen (secondary N) is 1. The number of amides is 1. The molecule has 1 amide bonds. The second kappa shape index (κ2) is 7.97. The first-order valence-electron chi connectivity index (χ1n) is 9.01. The molecule has 1 aromatic rings. The monoisotopic (exact) mass is 346 g/mol. The van der Waals surface area contributed by atoms with Crippen molar-refractivity contribution >= 4 is 11.9 Å². The van der Waals surface area contributed by atoms with Gasteiger partial charge in [0.05, 0.1) is 25.7 Å². The zero-order valence-corrected chi connectivity index (χ0v) is 14.6. The molecule has 0 bridgehead atoms. The molecule has 1 aromatic carbocycles. The number of fused-ring (bicyclic) bond motifs is 1. The van der Waals surface area contributed by atoms with Crippen LogP contribution in [0.4, 0.5) is 0 Å². The van der Waals surface area contributed by atoms with Crippen LogP contribution in [0.3, 0.4) is 0 Å². The van der Waals surface area contributed by atoms with Gasteiger partial charge in [0.25, 0.3) is 0 Å². The number of likely N-dealkylation sites (N-methyl/N-ethyl adjacent to an activating group) is 1. The Morgan fingerprint density at radius 1 is 1.32 bits per heavy atom. The summed E-state index contributed by atoms with van der Waals surface area (Å²) in [6, 6.07) is 8.53. The third-order valence-corrected chi connectivity index (χ3v) is 5.20. The highest BCUT2D eigenvalue weighted by Gasteiger charge is 2.35.